The van der Waals surface area contributed by atoms with Crippen LogP contribution in [0.1, 0.15) is 18.9 Å². The van der Waals surface area contributed by atoms with Gasteiger partial charge in [0.05, 0.1) is 13.7 Å². The number of ether oxygens (including phenoxy) is 1. The predicted octanol–water partition coefficient (Wildman–Crippen LogP) is 2.50. The molecule has 0 aromatic heterocycles. The van der Waals surface area contributed by atoms with E-state index in [1.807, 2.05) is 48.2 Å². The van der Waals surface area contributed by atoms with Gasteiger partial charge in [0.2, 0.25) is 0 Å². The van der Waals surface area contributed by atoms with Crippen LogP contribution in [0, 0.1) is 0 Å². The van der Waals surface area contributed by atoms with E-state index in [-0.39, 0.29) is 6.54 Å². The highest BCUT2D eigenvalue weighted by Gasteiger charge is 2.06. The lowest BCUT2D eigenvalue weighted by Crippen LogP contribution is -2.30. The molecular formula is C15H21NO3. The Kier molecular flexibility index (Phi) is 6.68. The van der Waals surface area contributed by atoms with Crippen LogP contribution in [0.15, 0.2) is 30.3 Å². The minimum atomic E-state index is -0.792. The molecule has 0 fully saturated rings. The number of hydrogen-bond donors (Lipinski definition) is 1. The van der Waals surface area contributed by atoms with Crippen LogP contribution in [-0.4, -0.2) is 42.7 Å². The Hall–Kier alpha value is -1.81. The number of rotatable bonds is 8. The quantitative estimate of drug-likeness (QED) is 0.783. The molecule has 1 rings (SSSR count). The number of nitrogens with zero attached hydrogens (tertiary/aromatic N) is 1. The fourth-order valence-electron chi connectivity index (χ4n) is 1.88. The molecule has 0 aliphatic heterocycles. The van der Waals surface area contributed by atoms with Crippen molar-refractivity contribution in [1.29, 1.82) is 0 Å². The second-order valence-corrected chi connectivity index (χ2v) is 4.27. The van der Waals surface area contributed by atoms with Gasteiger partial charge in [0.1, 0.15) is 5.75 Å². The monoisotopic (exact) mass is 263 g/mol. The number of methoxy groups -OCH3 is 1. The van der Waals surface area contributed by atoms with Crippen molar-refractivity contribution in [2.75, 3.05) is 26.7 Å². The van der Waals surface area contributed by atoms with Gasteiger partial charge in [-0.15, -0.1) is 0 Å². The third-order valence-electron chi connectivity index (χ3n) is 2.70. The van der Waals surface area contributed by atoms with E-state index in [1.54, 1.807) is 7.11 Å². The summed E-state index contributed by atoms with van der Waals surface area (Å²) < 4.78 is 5.26. The fourth-order valence-corrected chi connectivity index (χ4v) is 1.88. The Balaban J connectivity index is 2.61. The summed E-state index contributed by atoms with van der Waals surface area (Å²) in [6, 6.07) is 7.74. The van der Waals surface area contributed by atoms with Gasteiger partial charge in [-0.1, -0.05) is 37.3 Å². The van der Waals surface area contributed by atoms with Crippen LogP contribution in [0.3, 0.4) is 0 Å². The molecule has 0 aliphatic carbocycles. The van der Waals surface area contributed by atoms with Crippen molar-refractivity contribution in [3.8, 4) is 5.75 Å². The zero-order valence-corrected chi connectivity index (χ0v) is 11.5. The molecule has 1 aromatic rings. The summed E-state index contributed by atoms with van der Waals surface area (Å²) in [5, 5.41) is 8.82. The number of carbonyl (C=O) groups is 1. The highest BCUT2D eigenvalue weighted by atomic mass is 16.5. The second-order valence-electron chi connectivity index (χ2n) is 4.27. The minimum absolute atomic E-state index is 0.0735. The third-order valence-corrected chi connectivity index (χ3v) is 2.70. The molecule has 19 heavy (non-hydrogen) atoms. The van der Waals surface area contributed by atoms with E-state index in [2.05, 4.69) is 0 Å². The number of para-hydroxylation sites is 1. The minimum Gasteiger partial charge on any atom is -0.496 e. The van der Waals surface area contributed by atoms with Crippen molar-refractivity contribution in [3.63, 3.8) is 0 Å². The van der Waals surface area contributed by atoms with E-state index in [0.29, 0.717) is 6.54 Å². The van der Waals surface area contributed by atoms with Crippen molar-refractivity contribution in [2.24, 2.45) is 0 Å². The molecule has 4 nitrogen and oxygen atoms in total. The first-order chi connectivity index (χ1) is 9.17. The lowest BCUT2D eigenvalue weighted by atomic mass is 10.2. The molecule has 104 valence electrons. The normalized spacial score (nSPS) is 11.1. The summed E-state index contributed by atoms with van der Waals surface area (Å²) >= 11 is 0. The number of aliphatic carboxylic acids is 1. The highest BCUT2D eigenvalue weighted by molar-refractivity contribution is 5.69. The van der Waals surface area contributed by atoms with E-state index in [9.17, 15) is 4.79 Å². The van der Waals surface area contributed by atoms with Crippen molar-refractivity contribution in [2.45, 2.75) is 13.3 Å². The summed E-state index contributed by atoms with van der Waals surface area (Å²) in [7, 11) is 1.64. The van der Waals surface area contributed by atoms with Crippen LogP contribution >= 0.6 is 0 Å². The molecule has 1 N–H and O–H groups in total. The molecule has 0 radical (unpaired) electrons. The molecule has 4 heteroatoms. The molecule has 0 aliphatic rings. The molecule has 0 saturated carbocycles. The van der Waals surface area contributed by atoms with Crippen LogP contribution in [0.4, 0.5) is 0 Å². The smallest absolute Gasteiger partial charge is 0.317 e. The van der Waals surface area contributed by atoms with Gasteiger partial charge in [-0.05, 0) is 19.0 Å². The van der Waals surface area contributed by atoms with Gasteiger partial charge in [0.25, 0.3) is 0 Å². The van der Waals surface area contributed by atoms with Gasteiger partial charge in [0.15, 0.2) is 0 Å². The molecule has 0 amide bonds. The van der Waals surface area contributed by atoms with Crippen LogP contribution in [0.2, 0.25) is 0 Å². The topological polar surface area (TPSA) is 49.8 Å². The average Bonchev–Trinajstić information content (AvgIpc) is 2.39. The summed E-state index contributed by atoms with van der Waals surface area (Å²) in [5.41, 5.74) is 0.997. The molecular weight excluding hydrogens is 242 g/mol. The van der Waals surface area contributed by atoms with Crippen LogP contribution in [0.5, 0.6) is 5.75 Å². The zero-order valence-electron chi connectivity index (χ0n) is 11.5. The average molecular weight is 263 g/mol. The summed E-state index contributed by atoms with van der Waals surface area (Å²) in [4.78, 5) is 12.6. The fraction of sp³-hybridized carbons (Fsp3) is 0.400. The van der Waals surface area contributed by atoms with Gasteiger partial charge < -0.3 is 9.84 Å². The first-order valence-electron chi connectivity index (χ1n) is 6.41. The molecule has 0 bridgehead atoms. The summed E-state index contributed by atoms with van der Waals surface area (Å²) in [6.45, 7) is 3.52. The standard InChI is InChI=1S/C15H21NO3/c1-3-10-16(12-15(17)18)11-6-8-13-7-4-5-9-14(13)19-2/h4-9H,3,10-12H2,1-2H3,(H,17,18)/b8-6+. The van der Waals surface area contributed by atoms with Crippen LogP contribution < -0.4 is 4.74 Å². The lowest BCUT2D eigenvalue weighted by molar-refractivity contribution is -0.138. The van der Waals surface area contributed by atoms with Gasteiger partial charge in [-0.2, -0.15) is 0 Å². The lowest BCUT2D eigenvalue weighted by Gasteiger charge is -2.16. The maximum absolute atomic E-state index is 10.7. The number of benzene rings is 1. The highest BCUT2D eigenvalue weighted by Crippen LogP contribution is 2.18. The van der Waals surface area contributed by atoms with E-state index < -0.39 is 5.97 Å². The van der Waals surface area contributed by atoms with Gasteiger partial charge in [-0.25, -0.2) is 0 Å². The van der Waals surface area contributed by atoms with Gasteiger partial charge in [-0.3, -0.25) is 9.69 Å². The molecule has 0 saturated heterocycles. The Morgan fingerprint density at radius 3 is 2.79 bits per heavy atom. The van der Waals surface area contributed by atoms with Gasteiger partial charge >= 0.3 is 5.97 Å². The predicted molar refractivity (Wildman–Crippen MR) is 76.4 cm³/mol. The van der Waals surface area contributed by atoms with Gasteiger partial charge in [0, 0.05) is 12.1 Å². The largest absolute Gasteiger partial charge is 0.496 e. The first-order valence-corrected chi connectivity index (χ1v) is 6.41. The van der Waals surface area contributed by atoms with Crippen molar-refractivity contribution < 1.29 is 14.6 Å². The molecule has 0 atom stereocenters. The Labute approximate surface area is 114 Å². The number of hydrogen-bond acceptors (Lipinski definition) is 3. The Morgan fingerprint density at radius 1 is 1.42 bits per heavy atom. The SMILES string of the molecule is CCCN(C/C=C/c1ccccc1OC)CC(=O)O. The van der Waals surface area contributed by atoms with E-state index in [4.69, 9.17) is 9.84 Å². The Bertz CT molecular complexity index is 429. The number of carboxylic acids is 1. The summed E-state index contributed by atoms with van der Waals surface area (Å²) in [5.74, 6) is 0.0261. The molecule has 0 spiro atoms. The molecule has 1 aromatic carbocycles. The zero-order chi connectivity index (χ0) is 14.1. The van der Waals surface area contributed by atoms with Crippen molar-refractivity contribution in [3.05, 3.63) is 35.9 Å². The maximum atomic E-state index is 10.7. The van der Waals surface area contributed by atoms with E-state index in [0.717, 1.165) is 24.3 Å². The van der Waals surface area contributed by atoms with E-state index in [1.165, 1.54) is 0 Å². The third kappa shape index (κ3) is 5.57. The second kappa shape index (κ2) is 8.32. The molecule has 0 heterocycles. The Morgan fingerprint density at radius 2 is 2.16 bits per heavy atom. The number of carboxylic acid groups (broad SMARTS) is 1. The summed E-state index contributed by atoms with van der Waals surface area (Å²) in [6.07, 6.45) is 4.87. The molecule has 0 unspecified atom stereocenters. The van der Waals surface area contributed by atoms with Crippen molar-refractivity contribution >= 4 is 12.0 Å². The van der Waals surface area contributed by atoms with E-state index >= 15 is 0 Å². The maximum Gasteiger partial charge on any atom is 0.317 e. The van der Waals surface area contributed by atoms with Crippen LogP contribution in [0.25, 0.3) is 6.08 Å². The van der Waals surface area contributed by atoms with Crippen LogP contribution in [-0.2, 0) is 4.79 Å². The first kappa shape index (κ1) is 15.2. The van der Waals surface area contributed by atoms with Crippen molar-refractivity contribution in [1.82, 2.24) is 4.90 Å².